The molecule has 0 bridgehead atoms. The molecule has 80 valence electrons. The number of rotatable bonds is 0. The van der Waals surface area contributed by atoms with Gasteiger partial charge in [-0.2, -0.15) is 0 Å². The van der Waals surface area contributed by atoms with Crippen LogP contribution in [0.5, 0.6) is 5.75 Å². The highest BCUT2D eigenvalue weighted by atomic mass is 35.5. The van der Waals surface area contributed by atoms with Crippen LogP contribution >= 0.6 is 11.6 Å². The van der Waals surface area contributed by atoms with Crippen LogP contribution in [0.1, 0.15) is 0 Å². The van der Waals surface area contributed by atoms with E-state index in [1.165, 1.54) is 12.1 Å². The van der Waals surface area contributed by atoms with E-state index in [9.17, 15) is 9.50 Å². The number of aromatic nitrogens is 1. The smallest absolute Gasteiger partial charge is 0.158 e. The van der Waals surface area contributed by atoms with Crippen molar-refractivity contribution in [2.45, 2.75) is 0 Å². The van der Waals surface area contributed by atoms with Crippen molar-refractivity contribution in [3.63, 3.8) is 0 Å². The summed E-state index contributed by atoms with van der Waals surface area (Å²) in [6, 6.07) is 7.79. The molecule has 0 aliphatic rings. The van der Waals surface area contributed by atoms with Crippen LogP contribution in [0.2, 0.25) is 5.02 Å². The Balaban J connectivity index is 2.56. The summed E-state index contributed by atoms with van der Waals surface area (Å²) in [7, 11) is 0. The average molecular weight is 236 g/mol. The lowest BCUT2D eigenvalue weighted by Crippen LogP contribution is -1.72. The fourth-order valence-electron chi connectivity index (χ4n) is 1.90. The van der Waals surface area contributed by atoms with Crippen molar-refractivity contribution in [1.29, 1.82) is 0 Å². The summed E-state index contributed by atoms with van der Waals surface area (Å²) in [5, 5.41) is 11.5. The normalized spacial score (nSPS) is 11.4. The lowest BCUT2D eigenvalue weighted by atomic mass is 10.1. The van der Waals surface area contributed by atoms with E-state index in [4.69, 9.17) is 11.6 Å². The molecule has 0 fully saturated rings. The van der Waals surface area contributed by atoms with Crippen LogP contribution in [0.25, 0.3) is 21.8 Å². The highest BCUT2D eigenvalue weighted by molar-refractivity contribution is 6.33. The van der Waals surface area contributed by atoms with Crippen LogP contribution in [-0.4, -0.2) is 10.1 Å². The van der Waals surface area contributed by atoms with Crippen molar-refractivity contribution in [3.8, 4) is 5.75 Å². The first-order valence-electron chi connectivity index (χ1n) is 4.75. The maximum absolute atomic E-state index is 13.1. The second kappa shape index (κ2) is 3.12. The Hall–Kier alpha value is -1.74. The van der Waals surface area contributed by atoms with E-state index >= 15 is 0 Å². The number of aromatic amines is 1. The molecule has 0 unspecified atom stereocenters. The first-order chi connectivity index (χ1) is 7.66. The van der Waals surface area contributed by atoms with E-state index in [0.717, 1.165) is 16.3 Å². The zero-order valence-corrected chi connectivity index (χ0v) is 8.85. The minimum atomic E-state index is -0.303. The van der Waals surface area contributed by atoms with Crippen molar-refractivity contribution in [3.05, 3.63) is 41.2 Å². The van der Waals surface area contributed by atoms with E-state index in [1.54, 1.807) is 18.2 Å². The van der Waals surface area contributed by atoms with Gasteiger partial charge in [-0.25, -0.2) is 4.39 Å². The Kier molecular flexibility index (Phi) is 1.85. The number of hydrogen-bond acceptors (Lipinski definition) is 1. The summed E-state index contributed by atoms with van der Waals surface area (Å²) in [5.41, 5.74) is 1.31. The molecule has 0 aliphatic carbocycles. The molecular weight excluding hydrogens is 229 g/mol. The summed E-state index contributed by atoms with van der Waals surface area (Å²) >= 11 is 5.80. The SMILES string of the molecule is Oc1c(Cl)ccc2c1[nH]c1ccc(F)cc12. The molecule has 16 heavy (non-hydrogen) atoms. The predicted molar refractivity (Wildman–Crippen MR) is 62.4 cm³/mol. The van der Waals surface area contributed by atoms with Gasteiger partial charge in [0.1, 0.15) is 5.82 Å². The number of fused-ring (bicyclic) bond motifs is 3. The Morgan fingerprint density at radius 3 is 2.75 bits per heavy atom. The maximum atomic E-state index is 13.1. The van der Waals surface area contributed by atoms with Gasteiger partial charge in [-0.3, -0.25) is 0 Å². The Morgan fingerprint density at radius 2 is 1.94 bits per heavy atom. The molecule has 2 aromatic carbocycles. The standard InChI is InChI=1S/C12H7ClFNO/c13-9-3-2-7-8-5-6(14)1-4-10(8)15-11(7)12(9)16/h1-5,15-16H. The summed E-state index contributed by atoms with van der Waals surface area (Å²) in [6.07, 6.45) is 0. The number of nitrogens with one attached hydrogen (secondary N) is 1. The number of phenols is 1. The Labute approximate surface area is 95.3 Å². The summed E-state index contributed by atoms with van der Waals surface area (Å²) in [4.78, 5) is 3.01. The minimum absolute atomic E-state index is 0.00391. The fraction of sp³-hybridized carbons (Fsp3) is 0. The molecule has 0 aliphatic heterocycles. The van der Waals surface area contributed by atoms with Crippen LogP contribution in [0.15, 0.2) is 30.3 Å². The predicted octanol–water partition coefficient (Wildman–Crippen LogP) is 3.82. The van der Waals surface area contributed by atoms with Crippen molar-refractivity contribution in [2.75, 3.05) is 0 Å². The number of aromatic hydroxyl groups is 1. The maximum Gasteiger partial charge on any atom is 0.158 e. The van der Waals surface area contributed by atoms with Gasteiger partial charge in [0, 0.05) is 16.3 Å². The van der Waals surface area contributed by atoms with Gasteiger partial charge < -0.3 is 10.1 Å². The Morgan fingerprint density at radius 1 is 1.12 bits per heavy atom. The van der Waals surface area contributed by atoms with Gasteiger partial charge in [0.05, 0.1) is 10.5 Å². The fourth-order valence-corrected chi connectivity index (χ4v) is 2.06. The van der Waals surface area contributed by atoms with Gasteiger partial charge >= 0.3 is 0 Å². The van der Waals surface area contributed by atoms with Gasteiger partial charge in [0.15, 0.2) is 5.75 Å². The highest BCUT2D eigenvalue weighted by Gasteiger charge is 2.10. The molecule has 4 heteroatoms. The molecule has 0 saturated heterocycles. The largest absolute Gasteiger partial charge is 0.504 e. The van der Waals surface area contributed by atoms with Crippen molar-refractivity contribution >= 4 is 33.4 Å². The Bertz CT molecular complexity index is 705. The van der Waals surface area contributed by atoms with Crippen molar-refractivity contribution in [2.24, 2.45) is 0 Å². The van der Waals surface area contributed by atoms with Gasteiger partial charge in [-0.05, 0) is 24.3 Å². The molecular formula is C12H7ClFNO. The van der Waals surface area contributed by atoms with Crippen LogP contribution < -0.4 is 0 Å². The summed E-state index contributed by atoms with van der Waals surface area (Å²) < 4.78 is 13.1. The molecule has 3 rings (SSSR count). The topological polar surface area (TPSA) is 36.0 Å². The van der Waals surface area contributed by atoms with Gasteiger partial charge in [-0.15, -0.1) is 0 Å². The first-order valence-corrected chi connectivity index (χ1v) is 5.13. The summed E-state index contributed by atoms with van der Waals surface area (Å²) in [6.45, 7) is 0. The molecule has 1 aromatic heterocycles. The van der Waals surface area contributed by atoms with E-state index in [-0.39, 0.29) is 16.6 Å². The van der Waals surface area contributed by atoms with Crippen molar-refractivity contribution in [1.82, 2.24) is 4.98 Å². The number of H-pyrrole nitrogens is 1. The molecule has 0 saturated carbocycles. The molecule has 1 heterocycles. The van der Waals surface area contributed by atoms with Gasteiger partial charge in [0.25, 0.3) is 0 Å². The number of halogens is 2. The van der Waals surface area contributed by atoms with E-state index < -0.39 is 0 Å². The molecule has 0 radical (unpaired) electrons. The van der Waals surface area contributed by atoms with E-state index in [1.807, 2.05) is 0 Å². The monoisotopic (exact) mass is 235 g/mol. The second-order valence-corrected chi connectivity index (χ2v) is 4.04. The lowest BCUT2D eigenvalue weighted by Gasteiger charge is -1.97. The van der Waals surface area contributed by atoms with Crippen molar-refractivity contribution < 1.29 is 9.50 Å². The number of hydrogen-bond donors (Lipinski definition) is 2. The molecule has 2 N–H and O–H groups in total. The molecule has 0 amide bonds. The molecule has 0 atom stereocenters. The molecule has 2 nitrogen and oxygen atoms in total. The van der Waals surface area contributed by atoms with E-state index in [0.29, 0.717) is 5.52 Å². The van der Waals surface area contributed by atoms with Crippen LogP contribution in [0.4, 0.5) is 4.39 Å². The van der Waals surface area contributed by atoms with Gasteiger partial charge in [-0.1, -0.05) is 17.7 Å². The third kappa shape index (κ3) is 1.18. The zero-order valence-electron chi connectivity index (χ0n) is 8.09. The van der Waals surface area contributed by atoms with Crippen LogP contribution in [-0.2, 0) is 0 Å². The molecule has 0 spiro atoms. The third-order valence-electron chi connectivity index (χ3n) is 2.66. The van der Waals surface area contributed by atoms with Crippen LogP contribution in [0.3, 0.4) is 0 Å². The van der Waals surface area contributed by atoms with Crippen LogP contribution in [0, 0.1) is 5.82 Å². The van der Waals surface area contributed by atoms with Gasteiger partial charge in [0.2, 0.25) is 0 Å². The minimum Gasteiger partial charge on any atom is -0.504 e. The lowest BCUT2D eigenvalue weighted by molar-refractivity contribution is 0.481. The highest BCUT2D eigenvalue weighted by Crippen LogP contribution is 2.35. The average Bonchev–Trinajstić information content (AvgIpc) is 2.62. The molecule has 3 aromatic rings. The number of phenolic OH excluding ortho intramolecular Hbond substituents is 1. The second-order valence-electron chi connectivity index (χ2n) is 3.63. The zero-order chi connectivity index (χ0) is 11.3. The van der Waals surface area contributed by atoms with E-state index in [2.05, 4.69) is 4.98 Å². The third-order valence-corrected chi connectivity index (χ3v) is 2.97. The summed E-state index contributed by atoms with van der Waals surface area (Å²) in [5.74, 6) is -0.307. The first kappa shape index (κ1) is 9.48. The quantitative estimate of drug-likeness (QED) is 0.611. The number of benzene rings is 2.